The van der Waals surface area contributed by atoms with Crippen LogP contribution in [0.15, 0.2) is 97.1 Å². The third kappa shape index (κ3) is 4.55. The third-order valence-electron chi connectivity index (χ3n) is 6.26. The number of aryl methyl sites for hydroxylation is 1. The van der Waals surface area contributed by atoms with E-state index in [0.29, 0.717) is 11.3 Å². The van der Waals surface area contributed by atoms with Gasteiger partial charge in [0.15, 0.2) is 0 Å². The molecule has 37 heavy (non-hydrogen) atoms. The summed E-state index contributed by atoms with van der Waals surface area (Å²) >= 11 is 1.67. The second-order valence-corrected chi connectivity index (χ2v) is 9.86. The Labute approximate surface area is 218 Å². The number of hydrogen-bond acceptors (Lipinski definition) is 5. The van der Waals surface area contributed by atoms with Crippen molar-refractivity contribution in [3.8, 4) is 27.6 Å². The van der Waals surface area contributed by atoms with Gasteiger partial charge in [0.05, 0.1) is 34.1 Å². The van der Waals surface area contributed by atoms with E-state index in [4.69, 9.17) is 14.7 Å². The summed E-state index contributed by atoms with van der Waals surface area (Å²) < 4.78 is 6.54. The largest absolute Gasteiger partial charge is 0.497 e. The SMILES string of the molecule is COc1cccc(-c2cc(C(=O)Nc3ccc(-c4nc5ccc(C)cc5s4)cc3)c3ccccc3n2)c1. The molecule has 180 valence electrons. The molecule has 0 aliphatic heterocycles. The van der Waals surface area contributed by atoms with E-state index in [1.165, 1.54) is 10.3 Å². The zero-order valence-electron chi connectivity index (χ0n) is 20.4. The van der Waals surface area contributed by atoms with Gasteiger partial charge < -0.3 is 10.1 Å². The van der Waals surface area contributed by atoms with Gasteiger partial charge >= 0.3 is 0 Å². The van der Waals surface area contributed by atoms with Gasteiger partial charge in [-0.25, -0.2) is 9.97 Å². The summed E-state index contributed by atoms with van der Waals surface area (Å²) in [5, 5.41) is 4.81. The molecule has 1 amide bonds. The number of amides is 1. The van der Waals surface area contributed by atoms with Crippen LogP contribution >= 0.6 is 11.3 Å². The Morgan fingerprint density at radius 3 is 2.49 bits per heavy atom. The average molecular weight is 502 g/mol. The molecule has 1 N–H and O–H groups in total. The fourth-order valence-corrected chi connectivity index (χ4v) is 5.41. The molecule has 0 atom stereocenters. The molecule has 6 heteroatoms. The molecule has 0 bridgehead atoms. The van der Waals surface area contributed by atoms with Gasteiger partial charge in [-0.3, -0.25) is 4.79 Å². The highest BCUT2D eigenvalue weighted by molar-refractivity contribution is 7.21. The predicted octanol–water partition coefficient (Wildman–Crippen LogP) is 7.75. The minimum atomic E-state index is -0.189. The first kappa shape index (κ1) is 22.9. The molecule has 5 nitrogen and oxygen atoms in total. The summed E-state index contributed by atoms with van der Waals surface area (Å²) in [7, 11) is 1.63. The van der Waals surface area contributed by atoms with Gasteiger partial charge in [0.1, 0.15) is 10.8 Å². The maximum Gasteiger partial charge on any atom is 0.256 e. The molecule has 4 aromatic carbocycles. The predicted molar refractivity (Wildman–Crippen MR) is 151 cm³/mol. The Bertz CT molecular complexity index is 1770. The Kier molecular flexibility index (Phi) is 5.87. The Morgan fingerprint density at radius 1 is 0.811 bits per heavy atom. The van der Waals surface area contributed by atoms with Crippen LogP contribution in [0.2, 0.25) is 0 Å². The van der Waals surface area contributed by atoms with Gasteiger partial charge in [-0.1, -0.05) is 36.4 Å². The molecule has 2 aromatic heterocycles. The molecule has 0 aliphatic rings. The number of methoxy groups -OCH3 is 1. The summed E-state index contributed by atoms with van der Waals surface area (Å²) in [4.78, 5) is 23.0. The molecule has 6 aromatic rings. The highest BCUT2D eigenvalue weighted by atomic mass is 32.1. The van der Waals surface area contributed by atoms with Crippen LogP contribution in [0.5, 0.6) is 5.75 Å². The standard InChI is InChI=1S/C31H23N3O2S/c1-19-10-15-27-29(16-19)37-31(34-27)20-11-13-22(14-12-20)32-30(35)25-18-28(21-6-5-7-23(17-21)36-2)33-26-9-4-3-8-24(25)26/h3-18H,1-2H3,(H,32,35). The van der Waals surface area contributed by atoms with Crippen LogP contribution in [0, 0.1) is 6.92 Å². The monoisotopic (exact) mass is 501 g/mol. The molecular weight excluding hydrogens is 478 g/mol. The van der Waals surface area contributed by atoms with Gasteiger partial charge in [0.25, 0.3) is 5.91 Å². The van der Waals surface area contributed by atoms with E-state index in [2.05, 4.69) is 30.4 Å². The zero-order chi connectivity index (χ0) is 25.4. The number of ether oxygens (including phenoxy) is 1. The number of benzene rings is 4. The van der Waals surface area contributed by atoms with E-state index in [0.717, 1.165) is 44.0 Å². The molecule has 0 saturated carbocycles. The highest BCUT2D eigenvalue weighted by Gasteiger charge is 2.15. The van der Waals surface area contributed by atoms with E-state index < -0.39 is 0 Å². The van der Waals surface area contributed by atoms with Crippen LogP contribution < -0.4 is 10.1 Å². The van der Waals surface area contributed by atoms with Crippen molar-refractivity contribution in [2.24, 2.45) is 0 Å². The van der Waals surface area contributed by atoms with Gasteiger partial charge in [0, 0.05) is 22.2 Å². The number of carbonyl (C=O) groups excluding carboxylic acids is 1. The smallest absolute Gasteiger partial charge is 0.256 e. The molecule has 0 spiro atoms. The Morgan fingerprint density at radius 2 is 1.65 bits per heavy atom. The summed E-state index contributed by atoms with van der Waals surface area (Å²) in [6.07, 6.45) is 0. The van der Waals surface area contributed by atoms with Crippen LogP contribution in [-0.2, 0) is 0 Å². The topological polar surface area (TPSA) is 64.1 Å². The van der Waals surface area contributed by atoms with Crippen LogP contribution in [0.3, 0.4) is 0 Å². The first-order chi connectivity index (χ1) is 18.1. The normalized spacial score (nSPS) is 11.1. The van der Waals surface area contributed by atoms with Crippen molar-refractivity contribution < 1.29 is 9.53 Å². The van der Waals surface area contributed by atoms with Crippen molar-refractivity contribution in [2.75, 3.05) is 12.4 Å². The summed E-state index contributed by atoms with van der Waals surface area (Å²) in [6, 6.07) is 31.3. The minimum Gasteiger partial charge on any atom is -0.497 e. The number of nitrogens with zero attached hydrogens (tertiary/aromatic N) is 2. The summed E-state index contributed by atoms with van der Waals surface area (Å²) in [5.74, 6) is 0.549. The average Bonchev–Trinajstić information content (AvgIpc) is 3.36. The van der Waals surface area contributed by atoms with E-state index in [1.807, 2.05) is 78.9 Å². The van der Waals surface area contributed by atoms with Crippen molar-refractivity contribution in [3.63, 3.8) is 0 Å². The Balaban J connectivity index is 1.31. The Hall–Kier alpha value is -4.55. The molecule has 0 aliphatic carbocycles. The lowest BCUT2D eigenvalue weighted by atomic mass is 10.0. The van der Waals surface area contributed by atoms with Crippen molar-refractivity contribution in [1.82, 2.24) is 9.97 Å². The highest BCUT2D eigenvalue weighted by Crippen LogP contribution is 2.32. The van der Waals surface area contributed by atoms with Gasteiger partial charge in [-0.05, 0) is 73.2 Å². The number of carbonyl (C=O) groups is 1. The molecule has 0 unspecified atom stereocenters. The number of hydrogen-bond donors (Lipinski definition) is 1. The molecule has 2 heterocycles. The van der Waals surface area contributed by atoms with Crippen LogP contribution in [0.4, 0.5) is 5.69 Å². The maximum atomic E-state index is 13.5. The summed E-state index contributed by atoms with van der Waals surface area (Å²) in [5.41, 5.74) is 6.88. The first-order valence-electron chi connectivity index (χ1n) is 11.9. The van der Waals surface area contributed by atoms with E-state index >= 15 is 0 Å². The second kappa shape index (κ2) is 9.48. The number of nitrogens with one attached hydrogen (secondary N) is 1. The minimum absolute atomic E-state index is 0.189. The van der Waals surface area contributed by atoms with E-state index in [1.54, 1.807) is 18.4 Å². The fourth-order valence-electron chi connectivity index (χ4n) is 4.34. The zero-order valence-corrected chi connectivity index (χ0v) is 21.2. The van der Waals surface area contributed by atoms with Crippen LogP contribution in [0.25, 0.3) is 42.9 Å². The number of rotatable bonds is 5. The maximum absolute atomic E-state index is 13.5. The second-order valence-electron chi connectivity index (χ2n) is 8.83. The lowest BCUT2D eigenvalue weighted by molar-refractivity contribution is 0.102. The number of thiazole rings is 1. The molecule has 0 fully saturated rings. The molecule has 0 saturated heterocycles. The van der Waals surface area contributed by atoms with Gasteiger partial charge in [-0.2, -0.15) is 0 Å². The van der Waals surface area contributed by atoms with Crippen molar-refractivity contribution in [1.29, 1.82) is 0 Å². The van der Waals surface area contributed by atoms with Crippen molar-refractivity contribution in [3.05, 3.63) is 108 Å². The van der Waals surface area contributed by atoms with E-state index in [9.17, 15) is 4.79 Å². The van der Waals surface area contributed by atoms with Crippen molar-refractivity contribution in [2.45, 2.75) is 6.92 Å². The molecule has 0 radical (unpaired) electrons. The van der Waals surface area contributed by atoms with Crippen LogP contribution in [0.1, 0.15) is 15.9 Å². The number of aromatic nitrogens is 2. The molecular formula is C31H23N3O2S. The quantitative estimate of drug-likeness (QED) is 0.262. The van der Waals surface area contributed by atoms with Crippen LogP contribution in [-0.4, -0.2) is 23.0 Å². The van der Waals surface area contributed by atoms with Gasteiger partial charge in [-0.15, -0.1) is 11.3 Å². The number of pyridine rings is 1. The number of anilines is 1. The van der Waals surface area contributed by atoms with Crippen molar-refractivity contribution >= 4 is 44.1 Å². The number of fused-ring (bicyclic) bond motifs is 2. The van der Waals surface area contributed by atoms with Gasteiger partial charge in [0.2, 0.25) is 0 Å². The lowest BCUT2D eigenvalue weighted by Gasteiger charge is -2.11. The number of para-hydroxylation sites is 1. The molecule has 6 rings (SSSR count). The first-order valence-corrected chi connectivity index (χ1v) is 12.7. The summed E-state index contributed by atoms with van der Waals surface area (Å²) in [6.45, 7) is 2.09. The van der Waals surface area contributed by atoms with E-state index in [-0.39, 0.29) is 5.91 Å². The fraction of sp³-hybridized carbons (Fsp3) is 0.0645. The third-order valence-corrected chi connectivity index (χ3v) is 7.33. The lowest BCUT2D eigenvalue weighted by Crippen LogP contribution is -2.13.